The van der Waals surface area contributed by atoms with E-state index in [0.717, 1.165) is 0 Å². The lowest BCUT2D eigenvalue weighted by molar-refractivity contribution is -0.130. The average Bonchev–Trinajstić information content (AvgIpc) is 2.77. The van der Waals surface area contributed by atoms with Gasteiger partial charge in [0.15, 0.2) is 0 Å². The van der Waals surface area contributed by atoms with E-state index in [1.54, 1.807) is 35.2 Å². The summed E-state index contributed by atoms with van der Waals surface area (Å²) >= 11 is 0. The lowest BCUT2D eigenvalue weighted by Crippen LogP contribution is -2.49. The maximum absolute atomic E-state index is 12.9. The Morgan fingerprint density at radius 2 is 1.52 bits per heavy atom. The van der Waals surface area contributed by atoms with Crippen LogP contribution in [0.2, 0.25) is 0 Å². The van der Waals surface area contributed by atoms with E-state index in [9.17, 15) is 22.8 Å². The maximum Gasteiger partial charge on any atom is 0.252 e. The van der Waals surface area contributed by atoms with Gasteiger partial charge in [0.25, 0.3) is 5.91 Å². The zero-order chi connectivity index (χ0) is 22.6. The smallest absolute Gasteiger partial charge is 0.252 e. The van der Waals surface area contributed by atoms with Gasteiger partial charge >= 0.3 is 0 Å². The Hall–Kier alpha value is -3.24. The molecule has 31 heavy (non-hydrogen) atoms. The average molecular weight is 445 g/mol. The number of primary amides is 1. The highest BCUT2D eigenvalue weighted by Gasteiger charge is 2.29. The summed E-state index contributed by atoms with van der Waals surface area (Å²) in [6.45, 7) is 2.55. The number of rotatable bonds is 6. The third kappa shape index (κ3) is 5.09. The molecule has 2 aromatic carbocycles. The van der Waals surface area contributed by atoms with Gasteiger partial charge in [-0.15, -0.1) is 0 Å². The Bertz CT molecular complexity index is 1060. The van der Waals surface area contributed by atoms with Crippen LogP contribution < -0.4 is 11.1 Å². The van der Waals surface area contributed by atoms with E-state index in [-0.39, 0.29) is 29.5 Å². The molecule has 9 nitrogen and oxygen atoms in total. The van der Waals surface area contributed by atoms with Crippen LogP contribution in [0.15, 0.2) is 59.5 Å². The Morgan fingerprint density at radius 3 is 2.03 bits per heavy atom. The molecule has 3 amide bonds. The molecule has 164 valence electrons. The van der Waals surface area contributed by atoms with Crippen LogP contribution in [0.1, 0.15) is 28.9 Å². The summed E-state index contributed by atoms with van der Waals surface area (Å²) in [4.78, 5) is 37.4. The molecule has 1 heterocycles. The van der Waals surface area contributed by atoms with Gasteiger partial charge in [-0.2, -0.15) is 4.31 Å². The van der Waals surface area contributed by atoms with Crippen molar-refractivity contribution in [2.45, 2.75) is 17.9 Å². The number of nitrogens with zero attached hydrogens (tertiary/aromatic N) is 2. The first-order valence-electron chi connectivity index (χ1n) is 9.71. The van der Waals surface area contributed by atoms with Crippen LogP contribution in [-0.2, 0) is 19.6 Å². The second kappa shape index (κ2) is 9.27. The van der Waals surface area contributed by atoms with Crippen LogP contribution in [-0.4, -0.2) is 61.5 Å². The van der Waals surface area contributed by atoms with E-state index in [0.29, 0.717) is 18.7 Å². The Kier molecular flexibility index (Phi) is 6.71. The highest BCUT2D eigenvalue weighted by molar-refractivity contribution is 7.89. The van der Waals surface area contributed by atoms with Crippen LogP contribution in [0, 0.1) is 0 Å². The van der Waals surface area contributed by atoms with Crippen molar-refractivity contribution in [3.05, 3.63) is 65.7 Å². The SMILES string of the molecule is CC(=O)N1CCN(S(=O)(=O)c2ccc(C(=O)NC(C(N)=O)c3ccccc3)cc2)CC1. The van der Waals surface area contributed by atoms with E-state index in [1.807, 2.05) is 0 Å². The molecule has 3 N–H and O–H groups in total. The molecule has 1 aliphatic rings. The fraction of sp³-hybridized carbons (Fsp3) is 0.286. The van der Waals surface area contributed by atoms with E-state index in [4.69, 9.17) is 5.73 Å². The summed E-state index contributed by atoms with van der Waals surface area (Å²) in [5, 5.41) is 2.58. The van der Waals surface area contributed by atoms with Crippen molar-refractivity contribution in [1.82, 2.24) is 14.5 Å². The van der Waals surface area contributed by atoms with Gasteiger partial charge in [0, 0.05) is 38.7 Å². The molecule has 2 aromatic rings. The van der Waals surface area contributed by atoms with Crippen LogP contribution in [0.4, 0.5) is 0 Å². The van der Waals surface area contributed by atoms with Crippen molar-refractivity contribution < 1.29 is 22.8 Å². The summed E-state index contributed by atoms with van der Waals surface area (Å²) in [6.07, 6.45) is 0. The quantitative estimate of drug-likeness (QED) is 0.670. The third-order valence-corrected chi connectivity index (χ3v) is 7.04. The van der Waals surface area contributed by atoms with Crippen LogP contribution in [0.5, 0.6) is 0 Å². The minimum absolute atomic E-state index is 0.0508. The van der Waals surface area contributed by atoms with Crippen molar-refractivity contribution in [2.75, 3.05) is 26.2 Å². The van der Waals surface area contributed by atoms with Crippen molar-refractivity contribution in [3.8, 4) is 0 Å². The van der Waals surface area contributed by atoms with Crippen molar-refractivity contribution >= 4 is 27.7 Å². The van der Waals surface area contributed by atoms with E-state index >= 15 is 0 Å². The summed E-state index contributed by atoms with van der Waals surface area (Å²) in [5.41, 5.74) is 6.17. The Morgan fingerprint density at radius 1 is 0.935 bits per heavy atom. The number of carbonyl (C=O) groups excluding carboxylic acids is 3. The number of hydrogen-bond donors (Lipinski definition) is 2. The first-order chi connectivity index (χ1) is 14.7. The van der Waals surface area contributed by atoms with E-state index in [2.05, 4.69) is 5.32 Å². The van der Waals surface area contributed by atoms with Gasteiger partial charge in [-0.1, -0.05) is 30.3 Å². The van der Waals surface area contributed by atoms with Gasteiger partial charge in [-0.05, 0) is 29.8 Å². The minimum Gasteiger partial charge on any atom is -0.368 e. The number of piperazine rings is 1. The van der Waals surface area contributed by atoms with Crippen molar-refractivity contribution in [3.63, 3.8) is 0 Å². The topological polar surface area (TPSA) is 130 Å². The summed E-state index contributed by atoms with van der Waals surface area (Å²) in [7, 11) is -3.74. The molecule has 1 saturated heterocycles. The van der Waals surface area contributed by atoms with Gasteiger partial charge in [-0.3, -0.25) is 14.4 Å². The van der Waals surface area contributed by atoms with Crippen molar-refractivity contribution in [1.29, 1.82) is 0 Å². The summed E-state index contributed by atoms with van der Waals surface area (Å²) in [6, 6.07) is 13.1. The maximum atomic E-state index is 12.9. The molecular weight excluding hydrogens is 420 g/mol. The molecule has 10 heteroatoms. The van der Waals surface area contributed by atoms with Crippen molar-refractivity contribution in [2.24, 2.45) is 5.73 Å². The number of amides is 3. The van der Waals surface area contributed by atoms with Gasteiger partial charge in [0.1, 0.15) is 6.04 Å². The molecule has 1 unspecified atom stereocenters. The number of benzene rings is 2. The highest BCUT2D eigenvalue weighted by atomic mass is 32.2. The fourth-order valence-electron chi connectivity index (χ4n) is 3.35. The largest absolute Gasteiger partial charge is 0.368 e. The van der Waals surface area contributed by atoms with Gasteiger partial charge in [0.2, 0.25) is 21.8 Å². The minimum atomic E-state index is -3.74. The summed E-state index contributed by atoms with van der Waals surface area (Å²) in [5.74, 6) is -1.34. The predicted molar refractivity (Wildman–Crippen MR) is 113 cm³/mol. The Balaban J connectivity index is 1.71. The second-order valence-electron chi connectivity index (χ2n) is 7.15. The highest BCUT2D eigenvalue weighted by Crippen LogP contribution is 2.19. The molecule has 0 aromatic heterocycles. The normalized spacial score (nSPS) is 15.8. The van der Waals surface area contributed by atoms with Gasteiger partial charge < -0.3 is 16.0 Å². The van der Waals surface area contributed by atoms with Crippen LogP contribution >= 0.6 is 0 Å². The third-order valence-electron chi connectivity index (χ3n) is 5.13. The zero-order valence-electron chi connectivity index (χ0n) is 17.0. The fourth-order valence-corrected chi connectivity index (χ4v) is 4.77. The van der Waals surface area contributed by atoms with Crippen LogP contribution in [0.25, 0.3) is 0 Å². The molecular formula is C21H24N4O5S. The number of sulfonamides is 1. The number of nitrogens with two attached hydrogens (primary N) is 1. The lowest BCUT2D eigenvalue weighted by Gasteiger charge is -2.33. The number of hydrogen-bond acceptors (Lipinski definition) is 5. The van der Waals surface area contributed by atoms with Gasteiger partial charge in [0.05, 0.1) is 4.90 Å². The van der Waals surface area contributed by atoms with Gasteiger partial charge in [-0.25, -0.2) is 8.42 Å². The lowest BCUT2D eigenvalue weighted by atomic mass is 10.1. The zero-order valence-corrected chi connectivity index (χ0v) is 17.8. The Labute approximate surface area is 180 Å². The molecule has 1 fully saturated rings. The van der Waals surface area contributed by atoms with E-state index in [1.165, 1.54) is 35.5 Å². The number of carbonyl (C=O) groups is 3. The molecule has 0 saturated carbocycles. The first-order valence-corrected chi connectivity index (χ1v) is 11.1. The van der Waals surface area contributed by atoms with Crippen LogP contribution in [0.3, 0.4) is 0 Å². The predicted octanol–water partition coefficient (Wildman–Crippen LogP) is 0.496. The monoisotopic (exact) mass is 444 g/mol. The molecule has 3 rings (SSSR count). The second-order valence-corrected chi connectivity index (χ2v) is 9.09. The molecule has 0 radical (unpaired) electrons. The molecule has 0 aliphatic carbocycles. The first kappa shape index (κ1) is 22.4. The molecule has 0 bridgehead atoms. The number of nitrogens with one attached hydrogen (secondary N) is 1. The molecule has 1 atom stereocenters. The molecule has 1 aliphatic heterocycles. The summed E-state index contributed by atoms with van der Waals surface area (Å²) < 4.78 is 27.0. The standard InChI is InChI=1S/C21H24N4O5S/c1-15(26)24-11-13-25(14-12-24)31(29,30)18-9-7-17(8-10-18)21(28)23-19(20(22)27)16-5-3-2-4-6-16/h2-10,19H,11-14H2,1H3,(H2,22,27)(H,23,28). The molecule has 0 spiro atoms. The van der Waals surface area contributed by atoms with E-state index < -0.39 is 27.9 Å².